The Kier molecular flexibility index (Phi) is 6.05. The van der Waals surface area contributed by atoms with Crippen LogP contribution in [-0.4, -0.2) is 65.6 Å². The zero-order valence-corrected chi connectivity index (χ0v) is 17.2. The number of hydrogen-bond donors (Lipinski definition) is 3. The molecule has 8 nitrogen and oxygen atoms in total. The van der Waals surface area contributed by atoms with Crippen molar-refractivity contribution < 1.29 is 14.9 Å². The second kappa shape index (κ2) is 8.52. The number of thioether (sulfide) groups is 1. The Balaban J connectivity index is 1.52. The van der Waals surface area contributed by atoms with E-state index in [4.69, 9.17) is 4.74 Å². The Morgan fingerprint density at radius 2 is 2.00 bits per heavy atom. The third kappa shape index (κ3) is 3.98. The van der Waals surface area contributed by atoms with E-state index in [1.165, 1.54) is 19.2 Å². The van der Waals surface area contributed by atoms with Gasteiger partial charge in [-0.1, -0.05) is 26.7 Å². The fraction of sp³-hybridized carbons (Fsp3) is 0.737. The maximum absolute atomic E-state index is 10.6. The Labute approximate surface area is 169 Å². The second-order valence-corrected chi connectivity index (χ2v) is 9.22. The van der Waals surface area contributed by atoms with Gasteiger partial charge in [-0.2, -0.15) is 11.8 Å². The normalized spacial score (nSPS) is 28.6. The lowest BCUT2D eigenvalue weighted by atomic mass is 10.1. The molecule has 0 bridgehead atoms. The van der Waals surface area contributed by atoms with Gasteiger partial charge in [-0.3, -0.25) is 4.57 Å². The van der Waals surface area contributed by atoms with E-state index in [1.54, 1.807) is 22.7 Å². The van der Waals surface area contributed by atoms with Crippen LogP contribution in [0.5, 0.6) is 0 Å². The van der Waals surface area contributed by atoms with Crippen molar-refractivity contribution in [3.63, 3.8) is 0 Å². The first kappa shape index (κ1) is 19.9. The minimum Gasteiger partial charge on any atom is -0.387 e. The number of hydrogen-bond acceptors (Lipinski definition) is 8. The van der Waals surface area contributed by atoms with Crippen LogP contribution >= 0.6 is 11.8 Å². The van der Waals surface area contributed by atoms with Crippen LogP contribution in [0, 0.1) is 5.92 Å². The van der Waals surface area contributed by atoms with Gasteiger partial charge in [0.2, 0.25) is 0 Å². The van der Waals surface area contributed by atoms with Crippen LogP contribution in [0.4, 0.5) is 5.82 Å². The molecule has 0 aromatic carbocycles. The van der Waals surface area contributed by atoms with Crippen molar-refractivity contribution in [1.82, 2.24) is 19.5 Å². The molecule has 0 radical (unpaired) electrons. The number of aliphatic hydroxyl groups excluding tert-OH is 2. The molecule has 2 aliphatic rings. The minimum atomic E-state index is -1.02. The molecule has 154 valence electrons. The summed E-state index contributed by atoms with van der Waals surface area (Å²) in [6, 6.07) is 0.417. The highest BCUT2D eigenvalue weighted by molar-refractivity contribution is 7.99. The molecule has 3 N–H and O–H groups in total. The van der Waals surface area contributed by atoms with Gasteiger partial charge >= 0.3 is 0 Å². The molecule has 1 aliphatic heterocycles. The summed E-state index contributed by atoms with van der Waals surface area (Å²) in [4.78, 5) is 13.2. The van der Waals surface area contributed by atoms with Crippen molar-refractivity contribution in [2.45, 2.75) is 70.1 Å². The number of imidazole rings is 1. The van der Waals surface area contributed by atoms with Crippen LogP contribution in [0.3, 0.4) is 0 Å². The standard InChI is InChI=1S/C19H29N5O3S/c1-11(2)7-28-8-13-15(25)16(26)19(27-13)24-10-22-14-17(20-9-21-18(14)24)23-12-5-3-4-6-12/h9-13,15-16,19,25-26H,3-8H2,1-2H3,(H,20,21,23). The molecule has 1 saturated heterocycles. The summed E-state index contributed by atoms with van der Waals surface area (Å²) < 4.78 is 7.72. The molecule has 0 spiro atoms. The SMILES string of the molecule is CC(C)CSCC1OC(n2cnc3c(NC4CCCC4)ncnc32)C(O)C1O. The molecule has 4 unspecified atom stereocenters. The van der Waals surface area contributed by atoms with Crippen LogP contribution in [0.15, 0.2) is 12.7 Å². The van der Waals surface area contributed by atoms with E-state index in [9.17, 15) is 10.2 Å². The molecule has 2 aromatic heterocycles. The maximum atomic E-state index is 10.6. The van der Waals surface area contributed by atoms with Gasteiger partial charge in [0.1, 0.15) is 18.5 Å². The topological polar surface area (TPSA) is 105 Å². The lowest BCUT2D eigenvalue weighted by Crippen LogP contribution is -2.32. The molecule has 3 heterocycles. The number of fused-ring (bicyclic) bond motifs is 1. The summed E-state index contributed by atoms with van der Waals surface area (Å²) in [7, 11) is 0. The average molecular weight is 408 g/mol. The molecule has 0 amide bonds. The number of anilines is 1. The maximum Gasteiger partial charge on any atom is 0.167 e. The number of aliphatic hydroxyl groups is 2. The van der Waals surface area contributed by atoms with E-state index >= 15 is 0 Å². The van der Waals surface area contributed by atoms with Crippen LogP contribution in [0.2, 0.25) is 0 Å². The van der Waals surface area contributed by atoms with Crippen LogP contribution in [0.25, 0.3) is 11.2 Å². The van der Waals surface area contributed by atoms with E-state index in [1.807, 2.05) is 0 Å². The summed E-state index contributed by atoms with van der Waals surface area (Å²) in [5.74, 6) is 2.92. The third-order valence-electron chi connectivity index (χ3n) is 5.40. The first-order valence-corrected chi connectivity index (χ1v) is 11.2. The van der Waals surface area contributed by atoms with E-state index in [2.05, 4.69) is 34.1 Å². The molecule has 1 saturated carbocycles. The van der Waals surface area contributed by atoms with E-state index in [0.717, 1.165) is 18.6 Å². The van der Waals surface area contributed by atoms with Crippen molar-refractivity contribution in [2.75, 3.05) is 16.8 Å². The zero-order valence-electron chi connectivity index (χ0n) is 16.4. The van der Waals surface area contributed by atoms with Gasteiger partial charge < -0.3 is 20.3 Å². The van der Waals surface area contributed by atoms with Gasteiger partial charge in [-0.15, -0.1) is 0 Å². The zero-order chi connectivity index (χ0) is 19.7. The molecular weight excluding hydrogens is 378 g/mol. The summed E-state index contributed by atoms with van der Waals surface area (Å²) in [6.07, 6.45) is 4.78. The Morgan fingerprint density at radius 1 is 1.21 bits per heavy atom. The van der Waals surface area contributed by atoms with Gasteiger partial charge in [-0.25, -0.2) is 15.0 Å². The average Bonchev–Trinajstić information content (AvgIpc) is 3.38. The van der Waals surface area contributed by atoms with Crippen molar-refractivity contribution in [3.05, 3.63) is 12.7 Å². The van der Waals surface area contributed by atoms with Crippen molar-refractivity contribution in [3.8, 4) is 0 Å². The Hall–Kier alpha value is -1.42. The van der Waals surface area contributed by atoms with Crippen molar-refractivity contribution in [1.29, 1.82) is 0 Å². The molecule has 28 heavy (non-hydrogen) atoms. The third-order valence-corrected chi connectivity index (χ3v) is 6.87. The van der Waals surface area contributed by atoms with Gasteiger partial charge in [0.05, 0.1) is 12.4 Å². The molecule has 2 fully saturated rings. The number of ether oxygens (including phenoxy) is 1. The first-order chi connectivity index (χ1) is 13.5. The molecule has 4 rings (SSSR count). The highest BCUT2D eigenvalue weighted by atomic mass is 32.2. The number of nitrogens with one attached hydrogen (secondary N) is 1. The van der Waals surface area contributed by atoms with Gasteiger partial charge in [0.15, 0.2) is 23.2 Å². The summed E-state index contributed by atoms with van der Waals surface area (Å²) in [6.45, 7) is 4.32. The highest BCUT2D eigenvalue weighted by Gasteiger charge is 2.44. The van der Waals surface area contributed by atoms with Crippen molar-refractivity contribution in [2.24, 2.45) is 5.92 Å². The molecular formula is C19H29N5O3S. The number of rotatable bonds is 7. The van der Waals surface area contributed by atoms with E-state index < -0.39 is 24.5 Å². The smallest absolute Gasteiger partial charge is 0.167 e. The largest absolute Gasteiger partial charge is 0.387 e. The van der Waals surface area contributed by atoms with E-state index in [0.29, 0.717) is 34.7 Å². The Morgan fingerprint density at radius 3 is 2.75 bits per heavy atom. The molecule has 9 heteroatoms. The Bertz CT molecular complexity index is 795. The summed E-state index contributed by atoms with van der Waals surface area (Å²) in [5.41, 5.74) is 1.26. The predicted octanol–water partition coefficient (Wildman–Crippen LogP) is 2.19. The summed E-state index contributed by atoms with van der Waals surface area (Å²) in [5, 5.41) is 24.5. The molecule has 4 atom stereocenters. The van der Waals surface area contributed by atoms with Gasteiger partial charge in [0.25, 0.3) is 0 Å². The predicted molar refractivity (Wildman–Crippen MR) is 109 cm³/mol. The van der Waals surface area contributed by atoms with Crippen LogP contribution in [-0.2, 0) is 4.74 Å². The lowest BCUT2D eigenvalue weighted by molar-refractivity contribution is -0.0289. The fourth-order valence-electron chi connectivity index (χ4n) is 3.92. The molecule has 2 aromatic rings. The quantitative estimate of drug-likeness (QED) is 0.641. The lowest BCUT2D eigenvalue weighted by Gasteiger charge is -2.17. The van der Waals surface area contributed by atoms with Crippen LogP contribution < -0.4 is 5.32 Å². The van der Waals surface area contributed by atoms with Crippen molar-refractivity contribution >= 4 is 28.7 Å². The number of aromatic nitrogens is 4. The first-order valence-electron chi connectivity index (χ1n) is 10.1. The minimum absolute atomic E-state index is 0.417. The number of nitrogens with zero attached hydrogens (tertiary/aromatic N) is 4. The summed E-state index contributed by atoms with van der Waals surface area (Å²) >= 11 is 1.73. The highest BCUT2D eigenvalue weighted by Crippen LogP contribution is 2.34. The monoisotopic (exact) mass is 407 g/mol. The van der Waals surface area contributed by atoms with E-state index in [-0.39, 0.29) is 0 Å². The second-order valence-electron chi connectivity index (χ2n) is 8.15. The fourth-order valence-corrected chi connectivity index (χ4v) is 5.04. The van der Waals surface area contributed by atoms with Gasteiger partial charge in [0, 0.05) is 11.8 Å². The molecule has 1 aliphatic carbocycles. The van der Waals surface area contributed by atoms with Gasteiger partial charge in [-0.05, 0) is 24.5 Å². The van der Waals surface area contributed by atoms with Crippen LogP contribution in [0.1, 0.15) is 45.8 Å².